The van der Waals surface area contributed by atoms with Gasteiger partial charge in [0.05, 0.1) is 6.10 Å². The summed E-state index contributed by atoms with van der Waals surface area (Å²) in [6, 6.07) is 3.35. The number of nitrogen functional groups attached to an aromatic ring is 1. The van der Waals surface area contributed by atoms with Crippen LogP contribution in [0, 0.1) is 5.92 Å². The van der Waals surface area contributed by atoms with Crippen molar-refractivity contribution in [3.8, 4) is 0 Å². The number of rotatable bonds is 4. The molecule has 1 aliphatic carbocycles. The average molecular weight is 252 g/mol. The lowest BCUT2D eigenvalue weighted by molar-refractivity contribution is -0.00290. The summed E-state index contributed by atoms with van der Waals surface area (Å²) in [6.07, 6.45) is 5.05. The van der Waals surface area contributed by atoms with Crippen LogP contribution in [0.1, 0.15) is 48.9 Å². The molecule has 0 saturated heterocycles. The number of nitrogens with two attached hydrogens (primary N) is 1. The standard InChI is InChI=1S/C13H20N2O3/c1-9-3-2-4-10(7-9)17-8-11-5-6-12(18-11)13(16)15-14/h5-6,9-10H,2-4,7-8,14H2,1H3,(H,15,16). The van der Waals surface area contributed by atoms with Crippen molar-refractivity contribution >= 4 is 5.91 Å². The first-order valence-corrected chi connectivity index (χ1v) is 6.40. The molecule has 1 fully saturated rings. The molecule has 1 aromatic heterocycles. The monoisotopic (exact) mass is 252 g/mol. The molecule has 0 spiro atoms. The number of carbonyl (C=O) groups is 1. The maximum Gasteiger partial charge on any atom is 0.300 e. The highest BCUT2D eigenvalue weighted by Crippen LogP contribution is 2.26. The first kappa shape index (κ1) is 13.1. The van der Waals surface area contributed by atoms with Gasteiger partial charge in [-0.1, -0.05) is 19.8 Å². The Morgan fingerprint density at radius 1 is 1.56 bits per heavy atom. The lowest BCUT2D eigenvalue weighted by atomic mass is 9.89. The summed E-state index contributed by atoms with van der Waals surface area (Å²) < 4.78 is 11.1. The summed E-state index contributed by atoms with van der Waals surface area (Å²) in [6.45, 7) is 2.67. The van der Waals surface area contributed by atoms with Gasteiger partial charge in [-0.15, -0.1) is 0 Å². The van der Waals surface area contributed by atoms with Gasteiger partial charge in [-0.05, 0) is 30.9 Å². The van der Waals surface area contributed by atoms with Gasteiger partial charge in [0.1, 0.15) is 12.4 Å². The maximum atomic E-state index is 11.2. The first-order valence-electron chi connectivity index (χ1n) is 6.40. The van der Waals surface area contributed by atoms with E-state index in [1.807, 2.05) is 5.43 Å². The minimum absolute atomic E-state index is 0.216. The fourth-order valence-corrected chi connectivity index (χ4v) is 2.38. The fraction of sp³-hybridized carbons (Fsp3) is 0.615. The predicted octanol–water partition coefficient (Wildman–Crippen LogP) is 1.98. The van der Waals surface area contributed by atoms with Crippen LogP contribution in [0.2, 0.25) is 0 Å². The van der Waals surface area contributed by atoms with Gasteiger partial charge in [-0.2, -0.15) is 0 Å². The first-order chi connectivity index (χ1) is 8.69. The second-order valence-electron chi connectivity index (χ2n) is 4.94. The van der Waals surface area contributed by atoms with Crippen LogP contribution < -0.4 is 11.3 Å². The predicted molar refractivity (Wildman–Crippen MR) is 66.6 cm³/mol. The molecule has 0 radical (unpaired) electrons. The smallest absolute Gasteiger partial charge is 0.300 e. The van der Waals surface area contributed by atoms with Crippen LogP contribution >= 0.6 is 0 Å². The molecule has 1 aliphatic rings. The number of carbonyl (C=O) groups excluding carboxylic acids is 1. The minimum Gasteiger partial charge on any atom is -0.453 e. The molecular weight excluding hydrogens is 232 g/mol. The van der Waals surface area contributed by atoms with E-state index in [1.54, 1.807) is 12.1 Å². The van der Waals surface area contributed by atoms with Gasteiger partial charge >= 0.3 is 5.91 Å². The molecule has 100 valence electrons. The van der Waals surface area contributed by atoms with Crippen molar-refractivity contribution in [2.45, 2.75) is 45.3 Å². The van der Waals surface area contributed by atoms with E-state index in [9.17, 15) is 4.79 Å². The molecule has 18 heavy (non-hydrogen) atoms. The molecule has 3 N–H and O–H groups in total. The average Bonchev–Trinajstić information content (AvgIpc) is 2.84. The van der Waals surface area contributed by atoms with E-state index in [4.69, 9.17) is 15.0 Å². The number of ether oxygens (including phenoxy) is 1. The van der Waals surface area contributed by atoms with Crippen molar-refractivity contribution in [2.24, 2.45) is 11.8 Å². The lowest BCUT2D eigenvalue weighted by Crippen LogP contribution is -2.29. The zero-order valence-corrected chi connectivity index (χ0v) is 10.6. The highest BCUT2D eigenvalue weighted by molar-refractivity contribution is 5.90. The highest BCUT2D eigenvalue weighted by Gasteiger charge is 2.20. The SMILES string of the molecule is CC1CCCC(OCc2ccc(C(=O)NN)o2)C1. The Kier molecular flexibility index (Phi) is 4.38. The van der Waals surface area contributed by atoms with Crippen molar-refractivity contribution in [3.63, 3.8) is 0 Å². The molecule has 0 aromatic carbocycles. The number of hydrogen-bond acceptors (Lipinski definition) is 4. The van der Waals surface area contributed by atoms with Crippen molar-refractivity contribution in [1.82, 2.24) is 5.43 Å². The molecule has 5 heteroatoms. The van der Waals surface area contributed by atoms with Crippen LogP contribution in [0.25, 0.3) is 0 Å². The van der Waals surface area contributed by atoms with Crippen LogP contribution in [-0.4, -0.2) is 12.0 Å². The number of furan rings is 1. The van der Waals surface area contributed by atoms with Crippen molar-refractivity contribution in [1.29, 1.82) is 0 Å². The maximum absolute atomic E-state index is 11.2. The van der Waals surface area contributed by atoms with E-state index in [0.717, 1.165) is 18.8 Å². The largest absolute Gasteiger partial charge is 0.453 e. The van der Waals surface area contributed by atoms with Crippen LogP contribution in [0.4, 0.5) is 0 Å². The summed E-state index contributed by atoms with van der Waals surface area (Å²) in [5.41, 5.74) is 2.03. The highest BCUT2D eigenvalue weighted by atomic mass is 16.5. The summed E-state index contributed by atoms with van der Waals surface area (Å²) in [7, 11) is 0. The zero-order chi connectivity index (χ0) is 13.0. The van der Waals surface area contributed by atoms with E-state index >= 15 is 0 Å². The Hall–Kier alpha value is -1.33. The second-order valence-corrected chi connectivity index (χ2v) is 4.94. The van der Waals surface area contributed by atoms with E-state index in [1.165, 1.54) is 12.8 Å². The molecule has 1 amide bonds. The Balaban J connectivity index is 1.82. The molecule has 0 aliphatic heterocycles. The quantitative estimate of drug-likeness (QED) is 0.488. The summed E-state index contributed by atoms with van der Waals surface area (Å²) >= 11 is 0. The summed E-state index contributed by atoms with van der Waals surface area (Å²) in [5, 5.41) is 0. The molecule has 0 bridgehead atoms. The van der Waals surface area contributed by atoms with Gasteiger partial charge in [0.25, 0.3) is 0 Å². The third kappa shape index (κ3) is 3.34. The lowest BCUT2D eigenvalue weighted by Gasteiger charge is -2.26. The van der Waals surface area contributed by atoms with Gasteiger partial charge in [0.2, 0.25) is 0 Å². The Morgan fingerprint density at radius 3 is 3.11 bits per heavy atom. The Labute approximate surface area is 107 Å². The number of nitrogens with one attached hydrogen (secondary N) is 1. The van der Waals surface area contributed by atoms with Crippen molar-refractivity contribution in [2.75, 3.05) is 0 Å². The third-order valence-corrected chi connectivity index (χ3v) is 3.37. The van der Waals surface area contributed by atoms with Crippen LogP contribution in [0.15, 0.2) is 16.5 Å². The fourth-order valence-electron chi connectivity index (χ4n) is 2.38. The van der Waals surface area contributed by atoms with Crippen LogP contribution in [0.3, 0.4) is 0 Å². The summed E-state index contributed by atoms with van der Waals surface area (Å²) in [4.78, 5) is 11.2. The van der Waals surface area contributed by atoms with E-state index in [-0.39, 0.29) is 5.76 Å². The van der Waals surface area contributed by atoms with Crippen molar-refractivity contribution < 1.29 is 13.9 Å². The van der Waals surface area contributed by atoms with Crippen molar-refractivity contribution in [3.05, 3.63) is 23.7 Å². The van der Waals surface area contributed by atoms with Gasteiger partial charge in [-0.3, -0.25) is 10.2 Å². The molecule has 1 aromatic rings. The third-order valence-electron chi connectivity index (χ3n) is 3.37. The number of amides is 1. The second kappa shape index (κ2) is 6.02. The molecule has 2 rings (SSSR count). The summed E-state index contributed by atoms with van der Waals surface area (Å²) in [5.74, 6) is 6.22. The minimum atomic E-state index is -0.424. The molecule has 2 unspecified atom stereocenters. The number of hydrazine groups is 1. The zero-order valence-electron chi connectivity index (χ0n) is 10.6. The Morgan fingerprint density at radius 2 is 2.39 bits per heavy atom. The van der Waals surface area contributed by atoms with Gasteiger partial charge in [0, 0.05) is 0 Å². The van der Waals surface area contributed by atoms with E-state index in [0.29, 0.717) is 18.5 Å². The molecule has 5 nitrogen and oxygen atoms in total. The normalized spacial score (nSPS) is 23.9. The van der Waals surface area contributed by atoms with E-state index in [2.05, 4.69) is 6.92 Å². The molecule has 2 atom stereocenters. The molecule has 1 saturated carbocycles. The number of hydrogen-bond donors (Lipinski definition) is 2. The van der Waals surface area contributed by atoms with Crippen LogP contribution in [0.5, 0.6) is 0 Å². The molecule has 1 heterocycles. The molecular formula is C13H20N2O3. The van der Waals surface area contributed by atoms with Gasteiger partial charge in [0.15, 0.2) is 5.76 Å². The Bertz CT molecular complexity index is 403. The van der Waals surface area contributed by atoms with Gasteiger partial charge in [-0.25, -0.2) is 5.84 Å². The topological polar surface area (TPSA) is 77.5 Å². The van der Waals surface area contributed by atoms with Gasteiger partial charge < -0.3 is 9.15 Å². The van der Waals surface area contributed by atoms with Crippen LogP contribution in [-0.2, 0) is 11.3 Å². The van der Waals surface area contributed by atoms with E-state index < -0.39 is 5.91 Å².